The molecule has 1 amide bonds. The molecule has 0 saturated heterocycles. The number of nitrogens with one attached hydrogen (secondary N) is 1. The van der Waals surface area contributed by atoms with Crippen LogP contribution in [0.2, 0.25) is 0 Å². The smallest absolute Gasteiger partial charge is 0.269 e. The summed E-state index contributed by atoms with van der Waals surface area (Å²) in [6, 6.07) is 9.93. The molecule has 1 fully saturated rings. The Kier molecular flexibility index (Phi) is 4.86. The van der Waals surface area contributed by atoms with Crippen LogP contribution in [-0.2, 0) is 11.3 Å². The average Bonchev–Trinajstić information content (AvgIpc) is 3.35. The fraction of sp³-hybridized carbons (Fsp3) is 0.316. The van der Waals surface area contributed by atoms with Crippen LogP contribution in [0.25, 0.3) is 11.6 Å². The lowest BCUT2D eigenvalue weighted by Crippen LogP contribution is -2.35. The first-order valence-corrected chi connectivity index (χ1v) is 9.09. The Morgan fingerprint density at radius 2 is 2.16 bits per heavy atom. The first-order valence-electron chi connectivity index (χ1n) is 8.27. The van der Waals surface area contributed by atoms with E-state index in [2.05, 4.69) is 5.32 Å². The maximum atomic E-state index is 12.7. The number of amides is 1. The molecule has 25 heavy (non-hydrogen) atoms. The Hall–Kier alpha value is -2.65. The van der Waals surface area contributed by atoms with Crippen molar-refractivity contribution in [3.05, 3.63) is 54.9 Å². The summed E-state index contributed by atoms with van der Waals surface area (Å²) in [7, 11) is 0. The standard InChI is InChI=1S/C19H19N3O2S/c1-3-22-18(24)16(10-13-7-5-4-6-12(13)2)25-19(22)15(11-20)17(23)21-14-8-9-14/h4-7,10,14H,3,8-9H2,1-2H3,(H,21,23)/b16-10+,19-15-. The molecule has 1 aliphatic rings. The Morgan fingerprint density at radius 1 is 1.44 bits per heavy atom. The molecule has 0 unspecified atom stereocenters. The summed E-state index contributed by atoms with van der Waals surface area (Å²) in [5.74, 6) is -0.393. The van der Waals surface area contributed by atoms with E-state index in [1.165, 1.54) is 15.9 Å². The van der Waals surface area contributed by atoms with Crippen molar-refractivity contribution >= 4 is 28.9 Å². The normalized spacial score (nSPS) is 15.6. The molecule has 1 aromatic heterocycles. The predicted molar refractivity (Wildman–Crippen MR) is 98.4 cm³/mol. The summed E-state index contributed by atoms with van der Waals surface area (Å²) in [6.45, 7) is 4.23. The third-order valence-electron chi connectivity index (χ3n) is 4.16. The third kappa shape index (κ3) is 3.57. The van der Waals surface area contributed by atoms with Crippen molar-refractivity contribution in [2.24, 2.45) is 0 Å². The Balaban J connectivity index is 2.20. The van der Waals surface area contributed by atoms with Crippen LogP contribution in [0.5, 0.6) is 0 Å². The van der Waals surface area contributed by atoms with Crippen LogP contribution < -0.4 is 20.1 Å². The quantitative estimate of drug-likeness (QED) is 0.892. The van der Waals surface area contributed by atoms with Gasteiger partial charge in [0.1, 0.15) is 10.7 Å². The van der Waals surface area contributed by atoms with E-state index in [-0.39, 0.29) is 17.2 Å². The van der Waals surface area contributed by atoms with E-state index in [0.29, 0.717) is 15.7 Å². The van der Waals surface area contributed by atoms with Gasteiger partial charge in [-0.15, -0.1) is 11.3 Å². The fourth-order valence-corrected chi connectivity index (χ4v) is 3.72. The van der Waals surface area contributed by atoms with Crippen molar-refractivity contribution < 1.29 is 4.79 Å². The van der Waals surface area contributed by atoms with Gasteiger partial charge in [-0.05, 0) is 43.9 Å². The molecule has 0 bridgehead atoms. The molecule has 0 spiro atoms. The van der Waals surface area contributed by atoms with E-state index in [1.807, 2.05) is 50.3 Å². The Morgan fingerprint density at radius 3 is 2.76 bits per heavy atom. The first-order chi connectivity index (χ1) is 12.0. The molecule has 0 radical (unpaired) electrons. The summed E-state index contributed by atoms with van der Waals surface area (Å²) in [5.41, 5.74) is 1.87. The molecule has 6 heteroatoms. The average molecular weight is 353 g/mol. The van der Waals surface area contributed by atoms with Gasteiger partial charge in [-0.3, -0.25) is 14.2 Å². The number of hydrogen-bond donors (Lipinski definition) is 1. The lowest BCUT2D eigenvalue weighted by atomic mass is 10.1. The van der Waals surface area contributed by atoms with Crippen molar-refractivity contribution in [3.8, 4) is 6.07 Å². The summed E-state index contributed by atoms with van der Waals surface area (Å²) in [5, 5.41) is 12.3. The zero-order chi connectivity index (χ0) is 18.0. The predicted octanol–water partition coefficient (Wildman–Crippen LogP) is 1.02. The first kappa shape index (κ1) is 17.2. The van der Waals surface area contributed by atoms with Gasteiger partial charge in [0.25, 0.3) is 11.5 Å². The SMILES string of the molecule is CCn1c(=O)/c(=C\c2ccccc2C)s/c1=C(/C#N)C(=O)NC1CC1. The Bertz CT molecular complexity index is 1040. The second-order valence-corrected chi connectivity index (χ2v) is 7.09. The highest BCUT2D eigenvalue weighted by Crippen LogP contribution is 2.19. The number of carbonyl (C=O) groups excluding carboxylic acids is 1. The minimum Gasteiger partial charge on any atom is -0.349 e. The minimum atomic E-state index is -0.393. The van der Waals surface area contributed by atoms with E-state index < -0.39 is 5.91 Å². The van der Waals surface area contributed by atoms with Crippen molar-refractivity contribution in [2.75, 3.05) is 0 Å². The lowest BCUT2D eigenvalue weighted by molar-refractivity contribution is -0.115. The van der Waals surface area contributed by atoms with Crippen molar-refractivity contribution in [3.63, 3.8) is 0 Å². The van der Waals surface area contributed by atoms with Crippen LogP contribution in [0.15, 0.2) is 29.1 Å². The van der Waals surface area contributed by atoms with Gasteiger partial charge in [-0.1, -0.05) is 24.3 Å². The number of nitrogens with zero attached hydrogens (tertiary/aromatic N) is 2. The maximum absolute atomic E-state index is 12.7. The fourth-order valence-electron chi connectivity index (χ4n) is 2.56. The van der Waals surface area contributed by atoms with E-state index in [9.17, 15) is 14.9 Å². The summed E-state index contributed by atoms with van der Waals surface area (Å²) < 4.78 is 2.45. The second-order valence-electron chi connectivity index (χ2n) is 6.06. The van der Waals surface area contributed by atoms with Crippen LogP contribution in [0.1, 0.15) is 30.9 Å². The Labute approximate surface area is 149 Å². The van der Waals surface area contributed by atoms with E-state index in [4.69, 9.17) is 0 Å². The largest absolute Gasteiger partial charge is 0.349 e. The van der Waals surface area contributed by atoms with Gasteiger partial charge >= 0.3 is 0 Å². The molecule has 1 N–H and O–H groups in total. The van der Waals surface area contributed by atoms with Gasteiger partial charge in [-0.2, -0.15) is 5.26 Å². The number of benzene rings is 1. The van der Waals surface area contributed by atoms with Crippen molar-refractivity contribution in [1.82, 2.24) is 9.88 Å². The van der Waals surface area contributed by atoms with E-state index >= 15 is 0 Å². The molecular weight excluding hydrogens is 334 g/mol. The molecule has 0 aliphatic heterocycles. The van der Waals surface area contributed by atoms with Gasteiger partial charge in [0.05, 0.1) is 4.53 Å². The highest BCUT2D eigenvalue weighted by atomic mass is 32.1. The topological polar surface area (TPSA) is 74.9 Å². The van der Waals surface area contributed by atoms with E-state index in [0.717, 1.165) is 24.0 Å². The molecule has 128 valence electrons. The molecule has 5 nitrogen and oxygen atoms in total. The molecule has 1 heterocycles. The number of nitriles is 1. The summed E-state index contributed by atoms with van der Waals surface area (Å²) >= 11 is 1.20. The molecule has 0 atom stereocenters. The van der Waals surface area contributed by atoms with Gasteiger partial charge < -0.3 is 5.32 Å². The number of aromatic nitrogens is 1. The van der Waals surface area contributed by atoms with Crippen LogP contribution in [0.4, 0.5) is 0 Å². The number of rotatable bonds is 4. The zero-order valence-electron chi connectivity index (χ0n) is 14.2. The van der Waals surface area contributed by atoms with Gasteiger partial charge in [0.2, 0.25) is 0 Å². The number of carbonyl (C=O) groups is 1. The number of thiazole rings is 1. The van der Waals surface area contributed by atoms with Crippen LogP contribution in [0, 0.1) is 18.3 Å². The van der Waals surface area contributed by atoms with Crippen molar-refractivity contribution in [1.29, 1.82) is 5.26 Å². The molecule has 2 aromatic rings. The molecular formula is C19H19N3O2S. The maximum Gasteiger partial charge on any atom is 0.269 e. The summed E-state index contributed by atoms with van der Waals surface area (Å²) in [4.78, 5) is 25.0. The second kappa shape index (κ2) is 7.08. The molecule has 1 saturated carbocycles. The number of aryl methyl sites for hydroxylation is 1. The van der Waals surface area contributed by atoms with Crippen molar-refractivity contribution in [2.45, 2.75) is 39.3 Å². The third-order valence-corrected chi connectivity index (χ3v) is 5.29. The zero-order valence-corrected chi connectivity index (χ0v) is 15.0. The lowest BCUT2D eigenvalue weighted by Gasteiger charge is -2.01. The van der Waals surface area contributed by atoms with Gasteiger partial charge in [0, 0.05) is 12.6 Å². The monoisotopic (exact) mass is 353 g/mol. The molecule has 1 aliphatic carbocycles. The van der Waals surface area contributed by atoms with Crippen LogP contribution in [0.3, 0.4) is 0 Å². The van der Waals surface area contributed by atoms with Crippen LogP contribution >= 0.6 is 11.3 Å². The van der Waals surface area contributed by atoms with Crippen LogP contribution in [-0.4, -0.2) is 16.5 Å². The van der Waals surface area contributed by atoms with Gasteiger partial charge in [-0.25, -0.2) is 0 Å². The molecule has 3 rings (SSSR count). The minimum absolute atomic E-state index is 0.0142. The highest BCUT2D eigenvalue weighted by Gasteiger charge is 2.25. The highest BCUT2D eigenvalue weighted by molar-refractivity contribution is 7.07. The number of hydrogen-bond acceptors (Lipinski definition) is 4. The molecule has 1 aromatic carbocycles. The van der Waals surface area contributed by atoms with Gasteiger partial charge in [0.15, 0.2) is 5.57 Å². The van der Waals surface area contributed by atoms with E-state index in [1.54, 1.807) is 0 Å². The summed E-state index contributed by atoms with van der Waals surface area (Å²) in [6.07, 6.45) is 3.72.